The van der Waals surface area contributed by atoms with Crippen molar-refractivity contribution in [1.29, 1.82) is 0 Å². The molecule has 4 atom stereocenters. The molecule has 2 aliphatic heterocycles. The molecule has 9 heteroatoms. The van der Waals surface area contributed by atoms with Crippen LogP contribution in [0, 0.1) is 11.3 Å². The number of allylic oxidation sites excluding steroid dienone is 3. The summed E-state index contributed by atoms with van der Waals surface area (Å²) in [5.41, 5.74) is 6.83. The zero-order valence-corrected chi connectivity index (χ0v) is 24.7. The van der Waals surface area contributed by atoms with Gasteiger partial charge in [0.05, 0.1) is 17.8 Å². The van der Waals surface area contributed by atoms with Crippen LogP contribution in [0.2, 0.25) is 0 Å². The normalized spacial score (nSPS) is 24.9. The van der Waals surface area contributed by atoms with Gasteiger partial charge in [0.25, 0.3) is 0 Å². The van der Waals surface area contributed by atoms with Crippen LogP contribution in [-0.2, 0) is 9.59 Å². The maximum Gasteiger partial charge on any atom is 0.239 e. The Hall–Kier alpha value is -1.87. The number of hydrogen-bond acceptors (Lipinski definition) is 6. The van der Waals surface area contributed by atoms with E-state index in [0.717, 1.165) is 51.1 Å². The molecule has 212 valence electrons. The van der Waals surface area contributed by atoms with Gasteiger partial charge in [-0.3, -0.25) is 19.5 Å². The highest BCUT2D eigenvalue weighted by Crippen LogP contribution is 2.35. The molecular weight excluding hydrogens is 518 g/mol. The molecule has 0 radical (unpaired) electrons. The van der Waals surface area contributed by atoms with Crippen LogP contribution in [0.25, 0.3) is 0 Å². The SMILES string of the molecule is C=CCN=C(SC(C)CCN)N(C(=O)C(C)C=C)C1=CC(Cl)CC=C1.O=CN1CCCC2(CCCNC2)C1. The first-order chi connectivity index (χ1) is 18.3. The smallest absolute Gasteiger partial charge is 0.239 e. The number of nitrogens with zero attached hydrogens (tertiary/aromatic N) is 3. The molecule has 0 bridgehead atoms. The molecule has 2 saturated heterocycles. The third-order valence-corrected chi connectivity index (χ3v) is 8.52. The standard InChI is InChI=1S/C19H28ClN3OS.C10H18N2O/c1-5-12-22-19(25-15(4)10-11-21)23(18(24)14(3)6-2)17-9-7-8-16(20)13-17;13-9-12-6-2-4-10(8-12)3-1-5-11-7-10/h5-7,9,13-16H,1-2,8,10-12,21H2,3-4H3;9,11H,1-8H2. The zero-order chi connectivity index (χ0) is 28.0. The van der Waals surface area contributed by atoms with Gasteiger partial charge in [-0.05, 0) is 63.8 Å². The second-order valence-electron chi connectivity index (χ2n) is 10.3. The van der Waals surface area contributed by atoms with Crippen LogP contribution >= 0.6 is 23.4 Å². The Bertz CT molecular complexity index is 879. The van der Waals surface area contributed by atoms with E-state index in [4.69, 9.17) is 17.3 Å². The Morgan fingerprint density at radius 1 is 1.39 bits per heavy atom. The average molecular weight is 564 g/mol. The highest BCUT2D eigenvalue weighted by Gasteiger charge is 2.36. The number of halogens is 1. The van der Waals surface area contributed by atoms with E-state index in [2.05, 4.69) is 30.4 Å². The van der Waals surface area contributed by atoms with E-state index in [1.807, 2.05) is 30.1 Å². The number of nitrogens with one attached hydrogen (secondary N) is 1. The van der Waals surface area contributed by atoms with Crippen molar-refractivity contribution in [1.82, 2.24) is 15.1 Å². The minimum absolute atomic E-state index is 0.0769. The van der Waals surface area contributed by atoms with Gasteiger partial charge < -0.3 is 16.0 Å². The highest BCUT2D eigenvalue weighted by atomic mass is 35.5. The highest BCUT2D eigenvalue weighted by molar-refractivity contribution is 8.14. The van der Waals surface area contributed by atoms with Crippen molar-refractivity contribution in [2.75, 3.05) is 39.3 Å². The van der Waals surface area contributed by atoms with Gasteiger partial charge in [-0.1, -0.05) is 43.8 Å². The van der Waals surface area contributed by atoms with E-state index in [1.54, 1.807) is 28.8 Å². The molecular formula is C29H46ClN5O2S. The van der Waals surface area contributed by atoms with E-state index in [1.165, 1.54) is 25.7 Å². The van der Waals surface area contributed by atoms with E-state index in [9.17, 15) is 9.59 Å². The van der Waals surface area contributed by atoms with Gasteiger partial charge >= 0.3 is 0 Å². The van der Waals surface area contributed by atoms with Crippen molar-refractivity contribution in [2.24, 2.45) is 22.1 Å². The number of amidine groups is 1. The second-order valence-corrected chi connectivity index (χ2v) is 12.3. The van der Waals surface area contributed by atoms with Crippen molar-refractivity contribution >= 4 is 40.8 Å². The predicted octanol–water partition coefficient (Wildman–Crippen LogP) is 4.71. The quantitative estimate of drug-likeness (QED) is 0.139. The zero-order valence-electron chi connectivity index (χ0n) is 23.1. The molecule has 0 saturated carbocycles. The molecule has 3 N–H and O–H groups in total. The maximum absolute atomic E-state index is 13.0. The van der Waals surface area contributed by atoms with Crippen molar-refractivity contribution in [3.05, 3.63) is 49.2 Å². The van der Waals surface area contributed by atoms with Gasteiger partial charge in [0.2, 0.25) is 12.3 Å². The number of carbonyl (C=O) groups excluding carboxylic acids is 2. The summed E-state index contributed by atoms with van der Waals surface area (Å²) in [7, 11) is 0. The average Bonchev–Trinajstić information content (AvgIpc) is 2.92. The van der Waals surface area contributed by atoms with E-state index in [0.29, 0.717) is 23.7 Å². The minimum Gasteiger partial charge on any atom is -0.345 e. The van der Waals surface area contributed by atoms with Crippen LogP contribution in [0.15, 0.2) is 54.2 Å². The third-order valence-electron chi connectivity index (χ3n) is 7.05. The molecule has 4 unspecified atom stereocenters. The maximum atomic E-state index is 13.0. The van der Waals surface area contributed by atoms with Gasteiger partial charge in [-0.2, -0.15) is 0 Å². The van der Waals surface area contributed by atoms with Gasteiger partial charge in [0.1, 0.15) is 0 Å². The third kappa shape index (κ3) is 10.0. The number of piperidine rings is 2. The summed E-state index contributed by atoms with van der Waals surface area (Å²) >= 11 is 7.82. The first-order valence-electron chi connectivity index (χ1n) is 13.7. The largest absolute Gasteiger partial charge is 0.345 e. The molecule has 38 heavy (non-hydrogen) atoms. The second kappa shape index (κ2) is 17.0. The summed E-state index contributed by atoms with van der Waals surface area (Å²) in [6.07, 6.45) is 16.8. The summed E-state index contributed by atoms with van der Waals surface area (Å²) in [5, 5.41) is 4.19. The van der Waals surface area contributed by atoms with Crippen LogP contribution in [0.5, 0.6) is 0 Å². The van der Waals surface area contributed by atoms with Crippen LogP contribution in [-0.4, -0.2) is 77.2 Å². The van der Waals surface area contributed by atoms with Gasteiger partial charge in [0, 0.05) is 36.0 Å². The molecule has 7 nitrogen and oxygen atoms in total. The monoisotopic (exact) mass is 563 g/mol. The summed E-state index contributed by atoms with van der Waals surface area (Å²) < 4.78 is 0. The molecule has 0 aromatic heterocycles. The number of carbonyl (C=O) groups is 2. The van der Waals surface area contributed by atoms with Crippen molar-refractivity contribution in [2.45, 2.75) is 63.0 Å². The first kappa shape index (κ1) is 32.3. The lowest BCUT2D eigenvalue weighted by molar-refractivity contribution is -0.128. The fourth-order valence-electron chi connectivity index (χ4n) is 4.90. The Morgan fingerprint density at radius 2 is 2.16 bits per heavy atom. The molecule has 3 aliphatic rings. The summed E-state index contributed by atoms with van der Waals surface area (Å²) in [6, 6.07) is 0. The van der Waals surface area contributed by atoms with Gasteiger partial charge in [-0.15, -0.1) is 24.8 Å². The summed E-state index contributed by atoms with van der Waals surface area (Å²) in [6.45, 7) is 16.6. The van der Waals surface area contributed by atoms with Crippen molar-refractivity contribution in [3.8, 4) is 0 Å². The number of likely N-dealkylation sites (tertiary alicyclic amines) is 1. The Morgan fingerprint density at radius 3 is 2.76 bits per heavy atom. The number of nitrogens with two attached hydrogens (primary N) is 1. The van der Waals surface area contributed by atoms with E-state index in [-0.39, 0.29) is 22.5 Å². The lowest BCUT2D eigenvalue weighted by Gasteiger charge is -2.44. The molecule has 3 rings (SSSR count). The molecule has 2 amide bonds. The summed E-state index contributed by atoms with van der Waals surface area (Å²) in [5.74, 6) is -0.406. The molecule has 0 aromatic rings. The lowest BCUT2D eigenvalue weighted by atomic mass is 9.74. The Labute approximate surface area is 238 Å². The topological polar surface area (TPSA) is 91.0 Å². The first-order valence-corrected chi connectivity index (χ1v) is 15.0. The van der Waals surface area contributed by atoms with Gasteiger partial charge in [0.15, 0.2) is 5.17 Å². The molecule has 1 aliphatic carbocycles. The van der Waals surface area contributed by atoms with Crippen molar-refractivity contribution in [3.63, 3.8) is 0 Å². The van der Waals surface area contributed by atoms with Crippen LogP contribution < -0.4 is 11.1 Å². The number of hydrogen-bond donors (Lipinski definition) is 2. The van der Waals surface area contributed by atoms with E-state index >= 15 is 0 Å². The van der Waals surface area contributed by atoms with E-state index < -0.39 is 0 Å². The van der Waals surface area contributed by atoms with Gasteiger partial charge in [-0.25, -0.2) is 0 Å². The van der Waals surface area contributed by atoms with Crippen LogP contribution in [0.1, 0.15) is 52.4 Å². The number of aliphatic imine (C=N–C) groups is 1. The Kier molecular flexibility index (Phi) is 14.4. The fourth-order valence-corrected chi connectivity index (χ4v) is 6.20. The number of thioether (sulfide) groups is 1. The fraction of sp³-hybridized carbons (Fsp3) is 0.621. The number of alkyl halides is 1. The van der Waals surface area contributed by atoms with Crippen molar-refractivity contribution < 1.29 is 9.59 Å². The number of rotatable bonds is 9. The Balaban J connectivity index is 0.000000323. The lowest BCUT2D eigenvalue weighted by Crippen LogP contribution is -2.50. The number of amides is 2. The minimum atomic E-state index is -0.329. The predicted molar refractivity (Wildman–Crippen MR) is 162 cm³/mol. The molecule has 1 spiro atoms. The molecule has 2 heterocycles. The summed E-state index contributed by atoms with van der Waals surface area (Å²) in [4.78, 5) is 31.9. The van der Waals surface area contributed by atoms with Crippen LogP contribution in [0.4, 0.5) is 0 Å². The van der Waals surface area contributed by atoms with Crippen LogP contribution in [0.3, 0.4) is 0 Å². The molecule has 2 fully saturated rings. The molecule has 0 aromatic carbocycles.